The van der Waals surface area contributed by atoms with Crippen molar-refractivity contribution in [3.8, 4) is 5.69 Å². The molecule has 17 aromatic carbocycles. The van der Waals surface area contributed by atoms with E-state index in [0.717, 1.165) is 59.9 Å². The first-order valence-corrected chi connectivity index (χ1v) is 47.5. The summed E-state index contributed by atoms with van der Waals surface area (Å²) in [6, 6.07) is 143. The standard InChI is InChI=1S/C21H16N2.C16H17N.C14H11N3.C14H10N2O.2C14H10N2S.C13H11N.C13H13N/c1-22-18-13-7-5-11-16(18)20-17-12-6-8-14-19(17)23(21(20)22)15-9-3-2-4-10-15;1-16(2)12-8-4-6-10-14(12)17(3)15-11-7-5-9-13(15)16;1-16-12-8-4-5-9-13(12)17-11-7-3-2-6-10(11)15-14(16)17;1-9-5-4-8-12-13(9)17-14-15-10-6-2-3-7-11(10)16(12)14;1-9-5-4-7-11-13(9)15-14-16(11)10-6-2-3-8-12(10)17-14;1-9-5-4-8-12-13(9)17-14-15-10-6-2-3-7-11(10)16(12)14;1-14-12-8-4-2-6-10(12)11-7-3-5-9-13(11)14;1-14(12-8-4-2-5-9-12)13-10-6-3-7-11-13/h2-14H,1H3;4-11H,1-3H3;2-9H,1H3;3*2-8H,1H3;2-9H,1H3;2-11H,1H3. The molecule has 28 aromatic rings. The van der Waals surface area contributed by atoms with Crippen LogP contribution in [0.5, 0.6) is 0 Å². The fraction of sp³-hybridized carbons (Fsp3) is 0.0924. The maximum atomic E-state index is 5.82. The maximum Gasteiger partial charge on any atom is 0.307 e. The number of thiazole rings is 2. The number of oxazole rings is 1. The molecule has 12 heterocycles. The predicted octanol–water partition coefficient (Wildman–Crippen LogP) is 30.7. The van der Waals surface area contributed by atoms with E-state index in [-0.39, 0.29) is 5.41 Å². The Morgan fingerprint density at radius 1 is 0.301 bits per heavy atom. The van der Waals surface area contributed by atoms with Crippen LogP contribution < -0.4 is 9.80 Å². The van der Waals surface area contributed by atoms with Crippen molar-refractivity contribution in [2.24, 2.45) is 21.1 Å². The Labute approximate surface area is 794 Å². The summed E-state index contributed by atoms with van der Waals surface area (Å²) in [7, 11) is 10.6. The molecule has 0 fully saturated rings. The topological polar surface area (TPSA) is 109 Å². The van der Waals surface area contributed by atoms with Crippen molar-refractivity contribution >= 4 is 208 Å². The monoisotopic (exact) mass is 1800 g/mol. The van der Waals surface area contributed by atoms with Gasteiger partial charge in [0.1, 0.15) is 5.65 Å². The van der Waals surface area contributed by atoms with Gasteiger partial charge in [-0.2, -0.15) is 4.98 Å². The third-order valence-electron chi connectivity index (χ3n) is 26.5. The molecule has 0 saturated heterocycles. The number of fused-ring (bicyclic) bond motifs is 30. The molecule has 11 aromatic heterocycles. The summed E-state index contributed by atoms with van der Waals surface area (Å²) in [5.41, 5.74) is 35.0. The number of aromatic nitrogens is 12. The first-order valence-electron chi connectivity index (χ1n) is 45.9. The minimum Gasteiger partial charge on any atom is -0.423 e. The van der Waals surface area contributed by atoms with Crippen molar-refractivity contribution in [2.45, 2.75) is 40.0 Å². The zero-order valence-corrected chi connectivity index (χ0v) is 78.9. The highest BCUT2D eigenvalue weighted by atomic mass is 32.1. The molecule has 0 radical (unpaired) electrons. The van der Waals surface area contributed by atoms with Crippen LogP contribution in [-0.2, 0) is 26.6 Å². The number of aryl methyl sites for hydroxylation is 6. The van der Waals surface area contributed by atoms with E-state index in [1.165, 1.54) is 153 Å². The van der Waals surface area contributed by atoms with E-state index in [0.29, 0.717) is 5.84 Å². The van der Waals surface area contributed by atoms with Crippen LogP contribution in [0.1, 0.15) is 41.7 Å². The van der Waals surface area contributed by atoms with Gasteiger partial charge < -0.3 is 27.9 Å². The molecule has 17 heteroatoms. The zero-order chi connectivity index (χ0) is 92.4. The second kappa shape index (κ2) is 35.5. The van der Waals surface area contributed by atoms with E-state index in [1.54, 1.807) is 22.7 Å². The number of hydrogen-bond donors (Lipinski definition) is 0. The lowest BCUT2D eigenvalue weighted by Gasteiger charge is -2.40. The second-order valence-electron chi connectivity index (χ2n) is 35.0. The smallest absolute Gasteiger partial charge is 0.307 e. The van der Waals surface area contributed by atoms with Gasteiger partial charge in [0.05, 0.1) is 92.2 Å². The quantitative estimate of drug-likeness (QED) is 0.173. The molecule has 662 valence electrons. The lowest BCUT2D eigenvalue weighted by Crippen LogP contribution is -2.30. The van der Waals surface area contributed by atoms with Gasteiger partial charge in [0.25, 0.3) is 0 Å². The second-order valence-corrected chi connectivity index (χ2v) is 37.0. The highest BCUT2D eigenvalue weighted by molar-refractivity contribution is 7.24. The molecule has 0 aliphatic carbocycles. The highest BCUT2D eigenvalue weighted by Crippen LogP contribution is 2.48. The van der Waals surface area contributed by atoms with Crippen molar-refractivity contribution in [1.82, 2.24) is 55.8 Å². The van der Waals surface area contributed by atoms with Crippen LogP contribution >= 0.6 is 22.7 Å². The third-order valence-corrected chi connectivity index (χ3v) is 28.7. The van der Waals surface area contributed by atoms with Crippen LogP contribution in [0.2, 0.25) is 0 Å². The van der Waals surface area contributed by atoms with Crippen LogP contribution in [0.3, 0.4) is 0 Å². The van der Waals surface area contributed by atoms with E-state index in [1.807, 2.05) is 61.5 Å². The molecular weight excluding hydrogens is 1710 g/mol. The van der Waals surface area contributed by atoms with Gasteiger partial charge in [-0.3, -0.25) is 22.2 Å². The first kappa shape index (κ1) is 84.9. The molecule has 0 amide bonds. The number of benzene rings is 17. The van der Waals surface area contributed by atoms with Crippen molar-refractivity contribution in [2.75, 3.05) is 23.9 Å². The zero-order valence-electron chi connectivity index (χ0n) is 77.2. The summed E-state index contributed by atoms with van der Waals surface area (Å²) >= 11 is 3.51. The summed E-state index contributed by atoms with van der Waals surface area (Å²) < 4.78 is 26.3. The number of imidazole rings is 5. The molecule has 1 aliphatic heterocycles. The average molecular weight is 1800 g/mol. The normalized spacial score (nSPS) is 12.1. The van der Waals surface area contributed by atoms with E-state index < -0.39 is 0 Å². The molecule has 0 bridgehead atoms. The van der Waals surface area contributed by atoms with Crippen LogP contribution in [0, 0.1) is 20.8 Å². The van der Waals surface area contributed by atoms with Gasteiger partial charge in [0, 0.05) is 107 Å². The SMILES string of the molecule is CN(c1ccccc1)c1ccccc1.CN1c2ccccc2C(C)(C)c2ccccc21.Cc1cccc2c1nc1sc3ccccc3n12.Cc1cccc2c1oc1nc3ccccc3n12.Cc1cccc2c1sc1nc3ccccc3n12.Cn1c2ccccc2c2c3ccccc3n(-c3ccccc3)c21.Cn1c2ccccc2c2ccccc21.Cn1c2ccccc2n2c3ccccc3nc12. The highest BCUT2D eigenvalue weighted by Gasteiger charge is 2.34. The van der Waals surface area contributed by atoms with Crippen molar-refractivity contribution < 1.29 is 4.42 Å². The Hall–Kier alpha value is -16.6. The summed E-state index contributed by atoms with van der Waals surface area (Å²) in [6.45, 7) is 10.9. The summed E-state index contributed by atoms with van der Waals surface area (Å²) in [5.74, 6) is 1.66. The summed E-state index contributed by atoms with van der Waals surface area (Å²) in [5, 5.41) is 6.64. The summed E-state index contributed by atoms with van der Waals surface area (Å²) in [4.78, 5) is 25.2. The molecule has 136 heavy (non-hydrogen) atoms. The third kappa shape index (κ3) is 14.9. The van der Waals surface area contributed by atoms with Crippen molar-refractivity contribution in [3.05, 3.63) is 440 Å². The number of nitrogens with zero attached hydrogens (tertiary/aromatic N) is 14. The van der Waals surface area contributed by atoms with Crippen molar-refractivity contribution in [3.63, 3.8) is 0 Å². The van der Waals surface area contributed by atoms with E-state index in [4.69, 9.17) is 9.40 Å². The Bertz CT molecular complexity index is 8810. The average Bonchev–Trinajstić information content (AvgIpc) is 1.58. The molecule has 29 rings (SSSR count). The van der Waals surface area contributed by atoms with Gasteiger partial charge >= 0.3 is 5.84 Å². The van der Waals surface area contributed by atoms with Crippen molar-refractivity contribution in [1.29, 1.82) is 0 Å². The molecule has 0 spiro atoms. The Kier molecular flexibility index (Phi) is 22.2. The van der Waals surface area contributed by atoms with Gasteiger partial charge in [-0.25, -0.2) is 15.0 Å². The Balaban J connectivity index is 0.0000000904. The number of rotatable bonds is 3. The van der Waals surface area contributed by atoms with Crippen LogP contribution in [0.25, 0.3) is 169 Å². The minimum atomic E-state index is 0.0830. The van der Waals surface area contributed by atoms with Gasteiger partial charge in [0.2, 0.25) is 5.78 Å². The van der Waals surface area contributed by atoms with Gasteiger partial charge in [-0.1, -0.05) is 297 Å². The van der Waals surface area contributed by atoms with E-state index in [2.05, 4.69) is 481 Å². The van der Waals surface area contributed by atoms with Gasteiger partial charge in [-0.05, 0) is 200 Å². The van der Waals surface area contributed by atoms with Crippen LogP contribution in [-0.4, -0.2) is 69.9 Å². The molecule has 0 saturated carbocycles. The number of hydrogen-bond acceptors (Lipinski definition) is 9. The molecular formula is C119H98N14OS2. The number of anilines is 4. The Morgan fingerprint density at radius 3 is 1.33 bits per heavy atom. The van der Waals surface area contributed by atoms with Crippen LogP contribution in [0.4, 0.5) is 22.7 Å². The summed E-state index contributed by atoms with van der Waals surface area (Å²) in [6.07, 6.45) is 0. The fourth-order valence-electron chi connectivity index (χ4n) is 19.7. The lowest BCUT2D eigenvalue weighted by atomic mass is 9.74. The Morgan fingerprint density at radius 2 is 0.721 bits per heavy atom. The predicted molar refractivity (Wildman–Crippen MR) is 574 cm³/mol. The lowest BCUT2D eigenvalue weighted by molar-refractivity contribution is 0.629. The molecule has 0 atom stereocenters. The van der Waals surface area contributed by atoms with Gasteiger partial charge in [-0.15, -0.1) is 0 Å². The molecule has 1 aliphatic rings. The molecule has 0 unspecified atom stereocenters. The minimum absolute atomic E-state index is 0.0830. The fourth-order valence-corrected chi connectivity index (χ4v) is 21.9. The van der Waals surface area contributed by atoms with E-state index in [9.17, 15) is 0 Å². The van der Waals surface area contributed by atoms with Gasteiger partial charge in [0.15, 0.2) is 15.5 Å². The maximum absolute atomic E-state index is 5.82. The largest absolute Gasteiger partial charge is 0.423 e. The first-order chi connectivity index (χ1) is 66.6. The molecule has 15 nitrogen and oxygen atoms in total. The molecule has 0 N–H and O–H groups in total. The van der Waals surface area contributed by atoms with Crippen LogP contribution in [0.15, 0.2) is 417 Å². The van der Waals surface area contributed by atoms with E-state index >= 15 is 0 Å². The number of para-hydroxylation sites is 20.